The molecule has 0 fully saturated rings. The quantitative estimate of drug-likeness (QED) is 0.629. The van der Waals surface area contributed by atoms with Crippen molar-refractivity contribution in [2.45, 2.75) is 0 Å². The third-order valence-corrected chi connectivity index (χ3v) is 4.27. The maximum absolute atomic E-state index is 11.8. The molecule has 1 rings (SSSR count). The monoisotopic (exact) mass is 286 g/mol. The highest BCUT2D eigenvalue weighted by Gasteiger charge is 2.14. The molecule has 0 bridgehead atoms. The van der Waals surface area contributed by atoms with Crippen molar-refractivity contribution in [2.24, 2.45) is 0 Å². The smallest absolute Gasteiger partial charge is 0.251 e. The largest absolute Gasteiger partial charge is 0.399 e. The summed E-state index contributed by atoms with van der Waals surface area (Å²) in [4.78, 5) is 11.8. The molecule has 0 saturated carbocycles. The molecule has 0 aliphatic carbocycles. The van der Waals surface area contributed by atoms with Gasteiger partial charge in [-0.15, -0.1) is 0 Å². The summed E-state index contributed by atoms with van der Waals surface area (Å²) in [7, 11) is -0.443. The molecule has 19 heavy (non-hydrogen) atoms. The van der Waals surface area contributed by atoms with Gasteiger partial charge in [0, 0.05) is 37.6 Å². The van der Waals surface area contributed by atoms with Crippen LogP contribution in [-0.4, -0.2) is 45.0 Å². The van der Waals surface area contributed by atoms with E-state index in [4.69, 9.17) is 11.5 Å². The van der Waals surface area contributed by atoms with Crippen LogP contribution in [0.2, 0.25) is 0 Å². The molecule has 0 saturated heterocycles. The summed E-state index contributed by atoms with van der Waals surface area (Å²) < 4.78 is 24.1. The standard InChI is InChI=1S/C11H18N4O3S/c1-15(2)19(17,18)4-3-14-11(16)8-5-9(12)7-10(13)6-8/h5-7H,3-4,12-13H2,1-2H3,(H,14,16). The lowest BCUT2D eigenvalue weighted by Crippen LogP contribution is -2.33. The predicted octanol–water partition coefficient (Wildman–Crippen LogP) is -0.528. The van der Waals surface area contributed by atoms with E-state index < -0.39 is 15.9 Å². The van der Waals surface area contributed by atoms with Crippen LogP contribution in [0.25, 0.3) is 0 Å². The molecule has 106 valence electrons. The number of rotatable bonds is 5. The second kappa shape index (κ2) is 5.89. The number of sulfonamides is 1. The number of nitrogens with two attached hydrogens (primary N) is 2. The molecule has 1 amide bonds. The van der Waals surface area contributed by atoms with E-state index in [1.807, 2.05) is 0 Å². The molecule has 0 spiro atoms. The van der Waals surface area contributed by atoms with E-state index >= 15 is 0 Å². The van der Waals surface area contributed by atoms with Gasteiger partial charge in [-0.25, -0.2) is 12.7 Å². The lowest BCUT2D eigenvalue weighted by atomic mass is 10.1. The summed E-state index contributed by atoms with van der Waals surface area (Å²) in [5.41, 5.74) is 12.2. The first kappa shape index (κ1) is 15.3. The number of hydrogen-bond acceptors (Lipinski definition) is 5. The Morgan fingerprint density at radius 1 is 1.21 bits per heavy atom. The van der Waals surface area contributed by atoms with Gasteiger partial charge in [-0.3, -0.25) is 4.79 Å². The highest BCUT2D eigenvalue weighted by atomic mass is 32.2. The van der Waals surface area contributed by atoms with Gasteiger partial charge < -0.3 is 16.8 Å². The Balaban J connectivity index is 2.62. The minimum absolute atomic E-state index is 0.0219. The van der Waals surface area contributed by atoms with E-state index in [0.717, 1.165) is 4.31 Å². The van der Waals surface area contributed by atoms with Crippen LogP contribution in [0.5, 0.6) is 0 Å². The number of nitrogens with one attached hydrogen (secondary N) is 1. The van der Waals surface area contributed by atoms with Crippen LogP contribution in [0.4, 0.5) is 11.4 Å². The van der Waals surface area contributed by atoms with E-state index in [0.29, 0.717) is 16.9 Å². The number of carbonyl (C=O) groups is 1. The third-order valence-electron chi connectivity index (χ3n) is 2.44. The molecule has 0 atom stereocenters. The molecule has 7 nitrogen and oxygen atoms in total. The second-order valence-corrected chi connectivity index (χ2v) is 6.55. The SMILES string of the molecule is CN(C)S(=O)(=O)CCNC(=O)c1cc(N)cc(N)c1. The summed E-state index contributed by atoms with van der Waals surface area (Å²) in [6.45, 7) is 0.0219. The molecule has 0 unspecified atom stereocenters. The summed E-state index contributed by atoms with van der Waals surface area (Å²) in [5, 5.41) is 2.51. The Morgan fingerprint density at radius 3 is 2.21 bits per heavy atom. The molecule has 0 heterocycles. The van der Waals surface area contributed by atoms with Crippen molar-refractivity contribution in [2.75, 3.05) is 37.9 Å². The first-order chi connectivity index (χ1) is 8.72. The average molecular weight is 286 g/mol. The molecule has 5 N–H and O–H groups in total. The molecule has 1 aromatic carbocycles. The normalized spacial score (nSPS) is 11.5. The van der Waals surface area contributed by atoms with Crippen molar-refractivity contribution in [1.29, 1.82) is 0 Å². The van der Waals surface area contributed by atoms with Crippen molar-refractivity contribution in [3.8, 4) is 0 Å². The molecule has 0 aliphatic heterocycles. The molecule has 8 heteroatoms. The topological polar surface area (TPSA) is 119 Å². The minimum Gasteiger partial charge on any atom is -0.399 e. The summed E-state index contributed by atoms with van der Waals surface area (Å²) in [6.07, 6.45) is 0. The number of carbonyl (C=O) groups excluding carboxylic acids is 1. The fourth-order valence-corrected chi connectivity index (χ4v) is 2.11. The first-order valence-electron chi connectivity index (χ1n) is 5.57. The second-order valence-electron chi connectivity index (χ2n) is 4.24. The van der Waals surface area contributed by atoms with E-state index in [1.165, 1.54) is 32.3 Å². The summed E-state index contributed by atoms with van der Waals surface area (Å²) in [6, 6.07) is 4.49. The van der Waals surface area contributed by atoms with Crippen LogP contribution in [0.1, 0.15) is 10.4 Å². The van der Waals surface area contributed by atoms with Gasteiger partial charge in [0.15, 0.2) is 0 Å². The summed E-state index contributed by atoms with van der Waals surface area (Å²) in [5.74, 6) is -0.572. The number of benzene rings is 1. The van der Waals surface area contributed by atoms with Crippen molar-refractivity contribution >= 4 is 27.3 Å². The lowest BCUT2D eigenvalue weighted by Gasteiger charge is -2.11. The highest BCUT2D eigenvalue weighted by molar-refractivity contribution is 7.89. The van der Waals surface area contributed by atoms with Crippen LogP contribution in [0, 0.1) is 0 Å². The van der Waals surface area contributed by atoms with Gasteiger partial charge >= 0.3 is 0 Å². The maximum atomic E-state index is 11.8. The molecule has 0 aromatic heterocycles. The van der Waals surface area contributed by atoms with Gasteiger partial charge in [-0.1, -0.05) is 0 Å². The number of anilines is 2. The zero-order valence-corrected chi connectivity index (χ0v) is 11.7. The lowest BCUT2D eigenvalue weighted by molar-refractivity contribution is 0.0956. The van der Waals surface area contributed by atoms with Crippen LogP contribution in [-0.2, 0) is 10.0 Å². The molecular weight excluding hydrogens is 268 g/mol. The average Bonchev–Trinajstić information content (AvgIpc) is 2.27. The van der Waals surface area contributed by atoms with Gasteiger partial charge in [0.05, 0.1) is 5.75 Å². The zero-order valence-electron chi connectivity index (χ0n) is 10.9. The minimum atomic E-state index is -3.32. The summed E-state index contributed by atoms with van der Waals surface area (Å²) >= 11 is 0. The Kier molecular flexibility index (Phi) is 4.73. The van der Waals surface area contributed by atoms with E-state index in [-0.39, 0.29) is 12.3 Å². The van der Waals surface area contributed by atoms with Gasteiger partial charge in [0.2, 0.25) is 10.0 Å². The maximum Gasteiger partial charge on any atom is 0.251 e. The highest BCUT2D eigenvalue weighted by Crippen LogP contribution is 2.13. The fourth-order valence-electron chi connectivity index (χ4n) is 1.39. The van der Waals surface area contributed by atoms with Crippen molar-refractivity contribution in [3.05, 3.63) is 23.8 Å². The number of nitrogens with zero attached hydrogens (tertiary/aromatic N) is 1. The Labute approximate surface area is 112 Å². The third kappa shape index (κ3) is 4.42. The van der Waals surface area contributed by atoms with Gasteiger partial charge in [-0.2, -0.15) is 0 Å². The zero-order chi connectivity index (χ0) is 14.6. The van der Waals surface area contributed by atoms with Crippen LogP contribution >= 0.6 is 0 Å². The Bertz CT molecular complexity index is 549. The van der Waals surface area contributed by atoms with Crippen LogP contribution < -0.4 is 16.8 Å². The van der Waals surface area contributed by atoms with E-state index in [9.17, 15) is 13.2 Å². The Hall–Kier alpha value is -1.80. The molecular formula is C11H18N4O3S. The van der Waals surface area contributed by atoms with E-state index in [2.05, 4.69) is 5.32 Å². The van der Waals surface area contributed by atoms with Crippen molar-refractivity contribution in [1.82, 2.24) is 9.62 Å². The first-order valence-corrected chi connectivity index (χ1v) is 7.18. The molecule has 0 radical (unpaired) electrons. The molecule has 1 aromatic rings. The van der Waals surface area contributed by atoms with E-state index in [1.54, 1.807) is 0 Å². The Morgan fingerprint density at radius 2 is 1.74 bits per heavy atom. The predicted molar refractivity (Wildman–Crippen MR) is 75.1 cm³/mol. The fraction of sp³-hybridized carbons (Fsp3) is 0.364. The van der Waals surface area contributed by atoms with Crippen molar-refractivity contribution < 1.29 is 13.2 Å². The van der Waals surface area contributed by atoms with Gasteiger partial charge in [0.1, 0.15) is 0 Å². The van der Waals surface area contributed by atoms with Crippen LogP contribution in [0.3, 0.4) is 0 Å². The van der Waals surface area contributed by atoms with Gasteiger partial charge in [0.25, 0.3) is 5.91 Å². The van der Waals surface area contributed by atoms with Crippen molar-refractivity contribution in [3.63, 3.8) is 0 Å². The van der Waals surface area contributed by atoms with Gasteiger partial charge in [-0.05, 0) is 18.2 Å². The van der Waals surface area contributed by atoms with Crippen LogP contribution in [0.15, 0.2) is 18.2 Å². The number of amides is 1. The number of hydrogen-bond donors (Lipinski definition) is 3. The number of nitrogen functional groups attached to an aromatic ring is 2. The molecule has 0 aliphatic rings.